The van der Waals surface area contributed by atoms with E-state index in [1.165, 1.54) is 64.3 Å². The fourth-order valence-electron chi connectivity index (χ4n) is 3.08. The molecule has 1 heteroatoms. The first-order valence-corrected chi connectivity index (χ1v) is 6.60. The molecule has 1 saturated carbocycles. The normalized spacial score (nSPS) is 34.9. The van der Waals surface area contributed by atoms with Crippen molar-refractivity contribution in [2.45, 2.75) is 70.3 Å². The third-order valence-corrected chi connectivity index (χ3v) is 4.41. The summed E-state index contributed by atoms with van der Waals surface area (Å²) in [7, 11) is 0. The standard InChI is InChI=1S/C13H25N/c1-2-13(11-12-7-6-8-12)9-4-3-5-10-14-13/h12,14H,2-11H2,1H3. The Bertz CT molecular complexity index is 164. The van der Waals surface area contributed by atoms with Crippen molar-refractivity contribution in [3.8, 4) is 0 Å². The lowest BCUT2D eigenvalue weighted by molar-refractivity contribution is 0.180. The summed E-state index contributed by atoms with van der Waals surface area (Å²) in [4.78, 5) is 0. The summed E-state index contributed by atoms with van der Waals surface area (Å²) in [5.74, 6) is 1.06. The summed E-state index contributed by atoms with van der Waals surface area (Å²) in [5, 5.41) is 3.84. The Morgan fingerprint density at radius 2 is 2.00 bits per heavy atom. The summed E-state index contributed by atoms with van der Waals surface area (Å²) < 4.78 is 0. The van der Waals surface area contributed by atoms with Gasteiger partial charge in [-0.05, 0) is 38.1 Å². The molecule has 0 aromatic carbocycles. The van der Waals surface area contributed by atoms with Crippen LogP contribution < -0.4 is 5.32 Å². The average molecular weight is 195 g/mol. The maximum Gasteiger partial charge on any atom is 0.0181 e. The number of rotatable bonds is 3. The van der Waals surface area contributed by atoms with Crippen LogP contribution in [0.4, 0.5) is 0 Å². The first kappa shape index (κ1) is 10.5. The molecule has 0 spiro atoms. The molecule has 1 aliphatic heterocycles. The van der Waals surface area contributed by atoms with Crippen molar-refractivity contribution >= 4 is 0 Å². The Labute approximate surface area is 88.7 Å². The van der Waals surface area contributed by atoms with E-state index in [9.17, 15) is 0 Å². The molecule has 1 heterocycles. The van der Waals surface area contributed by atoms with E-state index in [-0.39, 0.29) is 0 Å². The zero-order chi connectivity index (χ0) is 9.86. The Kier molecular flexibility index (Phi) is 3.48. The van der Waals surface area contributed by atoms with Gasteiger partial charge in [0.25, 0.3) is 0 Å². The van der Waals surface area contributed by atoms with E-state index in [0.717, 1.165) is 5.92 Å². The minimum Gasteiger partial charge on any atom is -0.311 e. The Balaban J connectivity index is 1.90. The van der Waals surface area contributed by atoms with E-state index in [0.29, 0.717) is 5.54 Å². The van der Waals surface area contributed by atoms with Gasteiger partial charge >= 0.3 is 0 Å². The van der Waals surface area contributed by atoms with Gasteiger partial charge in [-0.25, -0.2) is 0 Å². The molecule has 2 fully saturated rings. The monoisotopic (exact) mass is 195 g/mol. The fourth-order valence-corrected chi connectivity index (χ4v) is 3.08. The number of hydrogen-bond donors (Lipinski definition) is 1. The molecule has 1 atom stereocenters. The molecule has 82 valence electrons. The van der Waals surface area contributed by atoms with Gasteiger partial charge in [-0.2, -0.15) is 0 Å². The maximum atomic E-state index is 3.84. The first-order chi connectivity index (χ1) is 6.85. The van der Waals surface area contributed by atoms with E-state index in [2.05, 4.69) is 12.2 Å². The molecule has 1 saturated heterocycles. The lowest BCUT2D eigenvalue weighted by Gasteiger charge is -2.39. The van der Waals surface area contributed by atoms with Gasteiger partial charge in [0.05, 0.1) is 0 Å². The molecule has 0 radical (unpaired) electrons. The second-order valence-electron chi connectivity index (χ2n) is 5.37. The van der Waals surface area contributed by atoms with E-state index < -0.39 is 0 Å². The Morgan fingerprint density at radius 1 is 1.14 bits per heavy atom. The SMILES string of the molecule is CCC1(CC2CCC2)CCCCCN1. The number of nitrogens with one attached hydrogen (secondary N) is 1. The topological polar surface area (TPSA) is 12.0 Å². The minimum absolute atomic E-state index is 0.529. The molecule has 2 aliphatic rings. The van der Waals surface area contributed by atoms with Crippen LogP contribution in [0, 0.1) is 5.92 Å². The van der Waals surface area contributed by atoms with E-state index in [4.69, 9.17) is 0 Å². The molecule has 1 N–H and O–H groups in total. The van der Waals surface area contributed by atoms with Gasteiger partial charge in [-0.3, -0.25) is 0 Å². The van der Waals surface area contributed by atoms with E-state index in [1.807, 2.05) is 0 Å². The van der Waals surface area contributed by atoms with Crippen molar-refractivity contribution in [3.05, 3.63) is 0 Å². The van der Waals surface area contributed by atoms with Gasteiger partial charge in [0.1, 0.15) is 0 Å². The molecule has 0 amide bonds. The second-order valence-corrected chi connectivity index (χ2v) is 5.37. The lowest BCUT2D eigenvalue weighted by atomic mass is 9.73. The van der Waals surface area contributed by atoms with Gasteiger partial charge in [-0.15, -0.1) is 0 Å². The number of hydrogen-bond acceptors (Lipinski definition) is 1. The van der Waals surface area contributed by atoms with Crippen molar-refractivity contribution in [2.75, 3.05) is 6.54 Å². The highest BCUT2D eigenvalue weighted by atomic mass is 15.0. The third-order valence-electron chi connectivity index (χ3n) is 4.41. The van der Waals surface area contributed by atoms with Gasteiger partial charge in [0.2, 0.25) is 0 Å². The Hall–Kier alpha value is -0.0400. The molecule has 0 aromatic heterocycles. The predicted octanol–water partition coefficient (Wildman–Crippen LogP) is 3.49. The summed E-state index contributed by atoms with van der Waals surface area (Å²) in [6, 6.07) is 0. The van der Waals surface area contributed by atoms with Crippen molar-refractivity contribution in [2.24, 2.45) is 5.92 Å². The molecule has 2 rings (SSSR count). The summed E-state index contributed by atoms with van der Waals surface area (Å²) in [6.45, 7) is 3.64. The largest absolute Gasteiger partial charge is 0.311 e. The summed E-state index contributed by atoms with van der Waals surface area (Å²) in [6.07, 6.45) is 13.0. The lowest BCUT2D eigenvalue weighted by Crippen LogP contribution is -2.46. The van der Waals surface area contributed by atoms with Crippen molar-refractivity contribution in [1.29, 1.82) is 0 Å². The van der Waals surface area contributed by atoms with Gasteiger partial charge in [0, 0.05) is 5.54 Å². The Morgan fingerprint density at radius 3 is 2.64 bits per heavy atom. The zero-order valence-corrected chi connectivity index (χ0v) is 9.65. The minimum atomic E-state index is 0.529. The zero-order valence-electron chi connectivity index (χ0n) is 9.65. The van der Waals surface area contributed by atoms with Crippen LogP contribution in [-0.2, 0) is 0 Å². The van der Waals surface area contributed by atoms with Crippen LogP contribution in [0.25, 0.3) is 0 Å². The summed E-state index contributed by atoms with van der Waals surface area (Å²) in [5.41, 5.74) is 0.529. The van der Waals surface area contributed by atoms with Crippen LogP contribution in [-0.4, -0.2) is 12.1 Å². The van der Waals surface area contributed by atoms with Gasteiger partial charge in [0.15, 0.2) is 0 Å². The molecule has 0 aromatic rings. The maximum absolute atomic E-state index is 3.84. The van der Waals surface area contributed by atoms with Crippen molar-refractivity contribution in [3.63, 3.8) is 0 Å². The molecular weight excluding hydrogens is 170 g/mol. The highest BCUT2D eigenvalue weighted by Gasteiger charge is 2.33. The predicted molar refractivity (Wildman–Crippen MR) is 61.5 cm³/mol. The van der Waals surface area contributed by atoms with Crippen molar-refractivity contribution in [1.82, 2.24) is 5.32 Å². The fraction of sp³-hybridized carbons (Fsp3) is 1.00. The molecule has 1 nitrogen and oxygen atoms in total. The highest BCUT2D eigenvalue weighted by molar-refractivity contribution is 4.92. The quantitative estimate of drug-likeness (QED) is 0.727. The molecule has 14 heavy (non-hydrogen) atoms. The van der Waals surface area contributed by atoms with E-state index >= 15 is 0 Å². The highest BCUT2D eigenvalue weighted by Crippen LogP contribution is 2.37. The third kappa shape index (κ3) is 2.31. The van der Waals surface area contributed by atoms with Crippen LogP contribution >= 0.6 is 0 Å². The van der Waals surface area contributed by atoms with Crippen LogP contribution in [0.15, 0.2) is 0 Å². The van der Waals surface area contributed by atoms with Crippen LogP contribution in [0.5, 0.6) is 0 Å². The van der Waals surface area contributed by atoms with Crippen LogP contribution in [0.3, 0.4) is 0 Å². The van der Waals surface area contributed by atoms with Crippen molar-refractivity contribution < 1.29 is 0 Å². The second kappa shape index (κ2) is 4.65. The molecular formula is C13H25N. The summed E-state index contributed by atoms with van der Waals surface area (Å²) >= 11 is 0. The van der Waals surface area contributed by atoms with Crippen LogP contribution in [0.2, 0.25) is 0 Å². The van der Waals surface area contributed by atoms with Gasteiger partial charge in [-0.1, -0.05) is 39.0 Å². The van der Waals surface area contributed by atoms with E-state index in [1.54, 1.807) is 0 Å². The average Bonchev–Trinajstić information content (AvgIpc) is 2.38. The van der Waals surface area contributed by atoms with Gasteiger partial charge < -0.3 is 5.32 Å². The molecule has 1 unspecified atom stereocenters. The molecule has 1 aliphatic carbocycles. The smallest absolute Gasteiger partial charge is 0.0181 e. The van der Waals surface area contributed by atoms with Crippen LogP contribution in [0.1, 0.15) is 64.7 Å². The molecule has 0 bridgehead atoms. The first-order valence-electron chi connectivity index (χ1n) is 6.60.